The summed E-state index contributed by atoms with van der Waals surface area (Å²) >= 11 is 0. The highest BCUT2D eigenvalue weighted by Gasteiger charge is 2.24. The first-order valence-electron chi connectivity index (χ1n) is 7.68. The Bertz CT molecular complexity index is 423. The molecule has 1 saturated heterocycles. The molecule has 5 heteroatoms. The Morgan fingerprint density at radius 2 is 2.25 bits per heavy atom. The van der Waals surface area contributed by atoms with Gasteiger partial charge in [0.1, 0.15) is 0 Å². The summed E-state index contributed by atoms with van der Waals surface area (Å²) in [5, 5.41) is 7.51. The number of carbonyl (C=O) groups is 1. The highest BCUT2D eigenvalue weighted by Crippen LogP contribution is 2.15. The molecule has 0 aliphatic carbocycles. The quantitative estimate of drug-likeness (QED) is 0.854. The van der Waals surface area contributed by atoms with E-state index in [1.807, 2.05) is 19.4 Å². The number of aromatic nitrogens is 2. The van der Waals surface area contributed by atoms with Crippen LogP contribution in [0.4, 0.5) is 0 Å². The van der Waals surface area contributed by atoms with Crippen LogP contribution in [-0.2, 0) is 18.3 Å². The maximum atomic E-state index is 12.5. The van der Waals surface area contributed by atoms with Crippen molar-refractivity contribution in [1.29, 1.82) is 0 Å². The van der Waals surface area contributed by atoms with Gasteiger partial charge >= 0.3 is 0 Å². The second kappa shape index (κ2) is 7.43. The van der Waals surface area contributed by atoms with Crippen LogP contribution in [0.3, 0.4) is 0 Å². The molecule has 1 aromatic heterocycles. The van der Waals surface area contributed by atoms with E-state index in [2.05, 4.69) is 22.2 Å². The average Bonchev–Trinajstić information content (AvgIpc) is 2.89. The van der Waals surface area contributed by atoms with Gasteiger partial charge in [0.2, 0.25) is 5.91 Å². The van der Waals surface area contributed by atoms with Gasteiger partial charge < -0.3 is 10.2 Å². The van der Waals surface area contributed by atoms with Gasteiger partial charge in [0, 0.05) is 32.3 Å². The Balaban J connectivity index is 1.88. The molecule has 1 N–H and O–H groups in total. The lowest BCUT2D eigenvalue weighted by atomic mass is 10.0. The van der Waals surface area contributed by atoms with E-state index in [-0.39, 0.29) is 0 Å². The zero-order chi connectivity index (χ0) is 14.4. The topological polar surface area (TPSA) is 50.2 Å². The van der Waals surface area contributed by atoms with E-state index < -0.39 is 0 Å². The van der Waals surface area contributed by atoms with Gasteiger partial charge in [0.15, 0.2) is 0 Å². The summed E-state index contributed by atoms with van der Waals surface area (Å²) in [6, 6.07) is 0.428. The summed E-state index contributed by atoms with van der Waals surface area (Å²) in [6.07, 6.45) is 8.41. The molecule has 0 atom stereocenters. The molecule has 2 heterocycles. The maximum Gasteiger partial charge on any atom is 0.223 e. The summed E-state index contributed by atoms with van der Waals surface area (Å²) in [5.74, 6) is 0.294. The lowest BCUT2D eigenvalue weighted by Crippen LogP contribution is -2.46. The molecule has 0 radical (unpaired) electrons. The smallest absolute Gasteiger partial charge is 0.223 e. The fourth-order valence-electron chi connectivity index (χ4n) is 2.87. The molecule has 112 valence electrons. The van der Waals surface area contributed by atoms with Crippen molar-refractivity contribution in [3.05, 3.63) is 18.0 Å². The Kier molecular flexibility index (Phi) is 5.59. The minimum atomic E-state index is 0.294. The van der Waals surface area contributed by atoms with Crippen molar-refractivity contribution in [2.75, 3.05) is 19.6 Å². The van der Waals surface area contributed by atoms with Crippen LogP contribution in [0.1, 0.15) is 38.2 Å². The summed E-state index contributed by atoms with van der Waals surface area (Å²) in [4.78, 5) is 14.6. The SMILES string of the molecule is CCCN(C(=O)CCc1cnn(C)c1)C1CCNCC1. The van der Waals surface area contributed by atoms with E-state index in [4.69, 9.17) is 0 Å². The van der Waals surface area contributed by atoms with Crippen molar-refractivity contribution in [1.82, 2.24) is 20.0 Å². The van der Waals surface area contributed by atoms with Gasteiger partial charge in [-0.1, -0.05) is 6.92 Å². The number of aryl methyl sites for hydroxylation is 2. The van der Waals surface area contributed by atoms with Gasteiger partial charge in [0.25, 0.3) is 0 Å². The van der Waals surface area contributed by atoms with Crippen molar-refractivity contribution in [3.8, 4) is 0 Å². The van der Waals surface area contributed by atoms with Crippen LogP contribution >= 0.6 is 0 Å². The van der Waals surface area contributed by atoms with Crippen LogP contribution in [0.2, 0.25) is 0 Å². The van der Waals surface area contributed by atoms with Crippen LogP contribution in [0.15, 0.2) is 12.4 Å². The van der Waals surface area contributed by atoms with Crippen molar-refractivity contribution < 1.29 is 4.79 Å². The van der Waals surface area contributed by atoms with E-state index in [1.165, 1.54) is 0 Å². The number of nitrogens with one attached hydrogen (secondary N) is 1. The van der Waals surface area contributed by atoms with Gasteiger partial charge in [0.05, 0.1) is 6.20 Å². The first kappa shape index (κ1) is 15.0. The molecule has 1 aliphatic heterocycles. The van der Waals surface area contributed by atoms with Gasteiger partial charge in [-0.2, -0.15) is 5.10 Å². The second-order valence-electron chi connectivity index (χ2n) is 5.59. The Hall–Kier alpha value is -1.36. The molecule has 5 nitrogen and oxygen atoms in total. The van der Waals surface area contributed by atoms with E-state index in [1.54, 1.807) is 4.68 Å². The highest BCUT2D eigenvalue weighted by atomic mass is 16.2. The third-order valence-electron chi connectivity index (χ3n) is 3.92. The predicted molar refractivity (Wildman–Crippen MR) is 79.4 cm³/mol. The molecule has 0 spiro atoms. The summed E-state index contributed by atoms with van der Waals surface area (Å²) in [5.41, 5.74) is 1.14. The molecule has 1 fully saturated rings. The number of carbonyl (C=O) groups excluding carboxylic acids is 1. The van der Waals surface area contributed by atoms with E-state index in [0.29, 0.717) is 18.4 Å². The first-order valence-corrected chi connectivity index (χ1v) is 7.68. The summed E-state index contributed by atoms with van der Waals surface area (Å²) in [6.45, 7) is 5.08. The zero-order valence-electron chi connectivity index (χ0n) is 12.6. The molecular weight excluding hydrogens is 252 g/mol. The van der Waals surface area contributed by atoms with Crippen molar-refractivity contribution in [3.63, 3.8) is 0 Å². The minimum absolute atomic E-state index is 0.294. The fourth-order valence-corrected chi connectivity index (χ4v) is 2.87. The third kappa shape index (κ3) is 4.07. The standard InChI is InChI=1S/C15H26N4O/c1-3-10-19(14-6-8-16-9-7-14)15(20)5-4-13-11-17-18(2)12-13/h11-12,14,16H,3-10H2,1-2H3. The Labute approximate surface area is 121 Å². The Morgan fingerprint density at radius 3 is 2.85 bits per heavy atom. The van der Waals surface area contributed by atoms with Gasteiger partial charge in [-0.25, -0.2) is 0 Å². The van der Waals surface area contributed by atoms with Crippen LogP contribution in [0.5, 0.6) is 0 Å². The maximum absolute atomic E-state index is 12.5. The second-order valence-corrected chi connectivity index (χ2v) is 5.59. The lowest BCUT2D eigenvalue weighted by Gasteiger charge is -2.34. The molecule has 0 unspecified atom stereocenters. The van der Waals surface area contributed by atoms with Crippen LogP contribution in [0.25, 0.3) is 0 Å². The Morgan fingerprint density at radius 1 is 1.50 bits per heavy atom. The lowest BCUT2D eigenvalue weighted by molar-refractivity contribution is -0.134. The van der Waals surface area contributed by atoms with E-state index >= 15 is 0 Å². The fraction of sp³-hybridized carbons (Fsp3) is 0.733. The summed E-state index contributed by atoms with van der Waals surface area (Å²) in [7, 11) is 1.91. The molecule has 2 rings (SSSR count). The van der Waals surface area contributed by atoms with Gasteiger partial charge in [-0.15, -0.1) is 0 Å². The predicted octanol–water partition coefficient (Wildman–Crippen LogP) is 1.34. The molecule has 20 heavy (non-hydrogen) atoms. The molecule has 0 bridgehead atoms. The zero-order valence-corrected chi connectivity index (χ0v) is 12.6. The largest absolute Gasteiger partial charge is 0.340 e. The number of rotatable bonds is 6. The summed E-state index contributed by atoms with van der Waals surface area (Å²) < 4.78 is 1.79. The van der Waals surface area contributed by atoms with Gasteiger partial charge in [-0.3, -0.25) is 9.48 Å². The third-order valence-corrected chi connectivity index (χ3v) is 3.92. The number of hydrogen-bond donors (Lipinski definition) is 1. The molecular formula is C15H26N4O. The highest BCUT2D eigenvalue weighted by molar-refractivity contribution is 5.76. The first-order chi connectivity index (χ1) is 9.70. The molecule has 1 aromatic rings. The van der Waals surface area contributed by atoms with Crippen molar-refractivity contribution in [2.45, 2.75) is 45.1 Å². The van der Waals surface area contributed by atoms with Crippen LogP contribution in [-0.4, -0.2) is 46.3 Å². The number of hydrogen-bond acceptors (Lipinski definition) is 3. The molecule has 1 amide bonds. The van der Waals surface area contributed by atoms with Crippen LogP contribution < -0.4 is 5.32 Å². The monoisotopic (exact) mass is 278 g/mol. The number of nitrogens with zero attached hydrogens (tertiary/aromatic N) is 3. The number of piperidine rings is 1. The normalized spacial score (nSPS) is 16.3. The molecule has 0 aromatic carbocycles. The van der Waals surface area contributed by atoms with E-state index in [9.17, 15) is 4.79 Å². The average molecular weight is 278 g/mol. The van der Waals surface area contributed by atoms with Crippen molar-refractivity contribution >= 4 is 5.91 Å². The molecule has 1 aliphatic rings. The van der Waals surface area contributed by atoms with Crippen molar-refractivity contribution in [2.24, 2.45) is 7.05 Å². The van der Waals surface area contributed by atoms with E-state index in [0.717, 1.165) is 50.9 Å². The molecule has 0 saturated carbocycles. The van der Waals surface area contributed by atoms with Gasteiger partial charge in [-0.05, 0) is 44.3 Å². The minimum Gasteiger partial charge on any atom is -0.340 e. The number of amides is 1. The van der Waals surface area contributed by atoms with Crippen LogP contribution in [0, 0.1) is 0 Å².